The maximum Gasteiger partial charge on any atom is 0.0968 e. The van der Waals surface area contributed by atoms with Gasteiger partial charge in [0, 0.05) is 13.0 Å². The maximum atomic E-state index is 5.33. The smallest absolute Gasteiger partial charge is 0.0968 e. The molecule has 62 valence electrons. The molecule has 0 radical (unpaired) electrons. The van der Waals surface area contributed by atoms with Gasteiger partial charge in [0.2, 0.25) is 0 Å². The van der Waals surface area contributed by atoms with Gasteiger partial charge in [-0.05, 0) is 6.42 Å². The minimum absolute atomic E-state index is 0.402. The SMILES string of the molecule is CCC1=NC2COCCC2N1. The standard InChI is InChI=1S/C8H14N2O/c1-2-8-9-6-3-4-11-5-7(6)10-8/h6-7H,2-5H2,1H3,(H,9,10). The number of amidine groups is 1. The van der Waals surface area contributed by atoms with E-state index in [1.165, 1.54) is 0 Å². The van der Waals surface area contributed by atoms with Crippen molar-refractivity contribution in [1.29, 1.82) is 0 Å². The van der Waals surface area contributed by atoms with E-state index in [0.29, 0.717) is 12.1 Å². The molecule has 0 spiro atoms. The van der Waals surface area contributed by atoms with Gasteiger partial charge in [-0.3, -0.25) is 4.99 Å². The lowest BCUT2D eigenvalue weighted by atomic mass is 10.1. The Morgan fingerprint density at radius 3 is 3.36 bits per heavy atom. The summed E-state index contributed by atoms with van der Waals surface area (Å²) in [7, 11) is 0. The molecule has 2 aliphatic heterocycles. The third-order valence-corrected chi connectivity index (χ3v) is 2.33. The number of nitrogens with zero attached hydrogens (tertiary/aromatic N) is 1. The molecule has 2 rings (SSSR count). The second-order valence-electron chi connectivity index (χ2n) is 3.11. The highest BCUT2D eigenvalue weighted by atomic mass is 16.5. The van der Waals surface area contributed by atoms with E-state index in [2.05, 4.69) is 17.2 Å². The monoisotopic (exact) mass is 154 g/mol. The van der Waals surface area contributed by atoms with Crippen LogP contribution in [0.5, 0.6) is 0 Å². The second kappa shape index (κ2) is 2.81. The van der Waals surface area contributed by atoms with Crippen LogP contribution in [-0.2, 0) is 4.74 Å². The second-order valence-corrected chi connectivity index (χ2v) is 3.11. The molecule has 11 heavy (non-hydrogen) atoms. The first-order valence-corrected chi connectivity index (χ1v) is 4.31. The molecule has 0 aromatic rings. The third-order valence-electron chi connectivity index (χ3n) is 2.33. The Kier molecular flexibility index (Phi) is 1.82. The first kappa shape index (κ1) is 7.10. The van der Waals surface area contributed by atoms with E-state index in [1.807, 2.05) is 0 Å². The molecule has 2 aliphatic rings. The van der Waals surface area contributed by atoms with Crippen LogP contribution in [0.1, 0.15) is 19.8 Å². The Morgan fingerprint density at radius 2 is 2.64 bits per heavy atom. The van der Waals surface area contributed by atoms with Crippen LogP contribution in [0.3, 0.4) is 0 Å². The van der Waals surface area contributed by atoms with Crippen LogP contribution in [0.4, 0.5) is 0 Å². The third kappa shape index (κ3) is 1.25. The largest absolute Gasteiger partial charge is 0.379 e. The first-order chi connectivity index (χ1) is 5.40. The van der Waals surface area contributed by atoms with E-state index in [9.17, 15) is 0 Å². The minimum atomic E-state index is 0.402. The van der Waals surface area contributed by atoms with Crippen LogP contribution < -0.4 is 5.32 Å². The Labute approximate surface area is 66.8 Å². The molecule has 0 amide bonds. The summed E-state index contributed by atoms with van der Waals surface area (Å²) in [5.41, 5.74) is 0. The Balaban J connectivity index is 2.02. The maximum absolute atomic E-state index is 5.33. The predicted octanol–water partition coefficient (Wildman–Crippen LogP) is 0.556. The number of aliphatic imine (C=N–C) groups is 1. The van der Waals surface area contributed by atoms with Gasteiger partial charge >= 0.3 is 0 Å². The molecule has 2 heterocycles. The first-order valence-electron chi connectivity index (χ1n) is 4.31. The van der Waals surface area contributed by atoms with E-state index < -0.39 is 0 Å². The molecule has 1 fully saturated rings. The summed E-state index contributed by atoms with van der Waals surface area (Å²) in [5.74, 6) is 1.16. The van der Waals surface area contributed by atoms with Crippen LogP contribution in [0, 0.1) is 0 Å². The highest BCUT2D eigenvalue weighted by Gasteiger charge is 2.30. The van der Waals surface area contributed by atoms with Gasteiger partial charge in [0.1, 0.15) is 0 Å². The van der Waals surface area contributed by atoms with Crippen molar-refractivity contribution < 1.29 is 4.74 Å². The average molecular weight is 154 g/mol. The van der Waals surface area contributed by atoms with E-state index in [4.69, 9.17) is 4.74 Å². The van der Waals surface area contributed by atoms with Gasteiger partial charge in [0.15, 0.2) is 0 Å². The van der Waals surface area contributed by atoms with Crippen LogP contribution in [0.15, 0.2) is 4.99 Å². The summed E-state index contributed by atoms with van der Waals surface area (Å²) in [6.07, 6.45) is 2.13. The lowest BCUT2D eigenvalue weighted by molar-refractivity contribution is 0.0721. The molecular weight excluding hydrogens is 140 g/mol. The molecule has 1 saturated heterocycles. The summed E-state index contributed by atoms with van der Waals surface area (Å²) in [4.78, 5) is 4.51. The quantitative estimate of drug-likeness (QED) is 0.598. The van der Waals surface area contributed by atoms with Gasteiger partial charge in [0.05, 0.1) is 24.5 Å². The van der Waals surface area contributed by atoms with Gasteiger partial charge in [-0.15, -0.1) is 0 Å². The summed E-state index contributed by atoms with van der Waals surface area (Å²) >= 11 is 0. The number of ether oxygens (including phenoxy) is 1. The van der Waals surface area contributed by atoms with Crippen LogP contribution in [0.25, 0.3) is 0 Å². The molecule has 0 aromatic heterocycles. The molecule has 3 nitrogen and oxygen atoms in total. The Hall–Kier alpha value is -0.570. The average Bonchev–Trinajstić information content (AvgIpc) is 2.46. The lowest BCUT2D eigenvalue weighted by Crippen LogP contribution is -2.41. The fraction of sp³-hybridized carbons (Fsp3) is 0.875. The number of rotatable bonds is 1. The molecule has 0 aromatic carbocycles. The molecule has 0 saturated carbocycles. The van der Waals surface area contributed by atoms with Crippen molar-refractivity contribution in [3.8, 4) is 0 Å². The zero-order valence-corrected chi connectivity index (χ0v) is 6.84. The topological polar surface area (TPSA) is 33.6 Å². The lowest BCUT2D eigenvalue weighted by Gasteiger charge is -2.23. The van der Waals surface area contributed by atoms with Gasteiger partial charge in [0.25, 0.3) is 0 Å². The van der Waals surface area contributed by atoms with Crippen molar-refractivity contribution in [2.75, 3.05) is 13.2 Å². The highest BCUT2D eigenvalue weighted by Crippen LogP contribution is 2.16. The van der Waals surface area contributed by atoms with E-state index >= 15 is 0 Å². The van der Waals surface area contributed by atoms with Crippen molar-refractivity contribution in [3.63, 3.8) is 0 Å². The van der Waals surface area contributed by atoms with Crippen LogP contribution in [0.2, 0.25) is 0 Å². The number of hydrogen-bond acceptors (Lipinski definition) is 3. The summed E-state index contributed by atoms with van der Waals surface area (Å²) in [5, 5.41) is 3.41. The van der Waals surface area contributed by atoms with Gasteiger partial charge in [-0.1, -0.05) is 6.92 Å². The number of nitrogens with one attached hydrogen (secondary N) is 1. The summed E-state index contributed by atoms with van der Waals surface area (Å²) < 4.78 is 5.33. The molecule has 2 unspecified atom stereocenters. The number of hydrogen-bond donors (Lipinski definition) is 1. The highest BCUT2D eigenvalue weighted by molar-refractivity contribution is 5.84. The normalized spacial score (nSPS) is 35.9. The van der Waals surface area contributed by atoms with Gasteiger partial charge in [-0.2, -0.15) is 0 Å². The zero-order valence-electron chi connectivity index (χ0n) is 6.84. The summed E-state index contributed by atoms with van der Waals surface area (Å²) in [6.45, 7) is 3.83. The van der Waals surface area contributed by atoms with E-state index in [0.717, 1.165) is 31.9 Å². The zero-order chi connectivity index (χ0) is 7.68. The molecule has 2 atom stereocenters. The Morgan fingerprint density at radius 1 is 1.73 bits per heavy atom. The van der Waals surface area contributed by atoms with Gasteiger partial charge < -0.3 is 10.1 Å². The minimum Gasteiger partial charge on any atom is -0.379 e. The van der Waals surface area contributed by atoms with Crippen molar-refractivity contribution in [3.05, 3.63) is 0 Å². The van der Waals surface area contributed by atoms with Crippen molar-refractivity contribution >= 4 is 5.84 Å². The molecule has 0 aliphatic carbocycles. The van der Waals surface area contributed by atoms with Crippen molar-refractivity contribution in [2.24, 2.45) is 4.99 Å². The molecular formula is C8H14N2O. The number of fused-ring (bicyclic) bond motifs is 1. The molecule has 1 N–H and O–H groups in total. The fourth-order valence-electron chi connectivity index (χ4n) is 1.66. The van der Waals surface area contributed by atoms with Crippen molar-refractivity contribution in [2.45, 2.75) is 31.8 Å². The van der Waals surface area contributed by atoms with Gasteiger partial charge in [-0.25, -0.2) is 0 Å². The fourth-order valence-corrected chi connectivity index (χ4v) is 1.66. The summed E-state index contributed by atoms with van der Waals surface area (Å²) in [6, 6.07) is 0.970. The Bertz CT molecular complexity index is 179. The predicted molar refractivity (Wildman–Crippen MR) is 43.9 cm³/mol. The van der Waals surface area contributed by atoms with Crippen LogP contribution >= 0.6 is 0 Å². The van der Waals surface area contributed by atoms with Crippen molar-refractivity contribution in [1.82, 2.24) is 5.32 Å². The van der Waals surface area contributed by atoms with Crippen LogP contribution in [-0.4, -0.2) is 31.1 Å². The van der Waals surface area contributed by atoms with E-state index in [1.54, 1.807) is 0 Å². The molecule has 0 bridgehead atoms. The van der Waals surface area contributed by atoms with E-state index in [-0.39, 0.29) is 0 Å². The molecule has 3 heteroatoms.